The molecule has 1 aliphatic heterocycles. The van der Waals surface area contributed by atoms with Crippen LogP contribution in [0.3, 0.4) is 0 Å². The third-order valence-corrected chi connectivity index (χ3v) is 10.6. The highest BCUT2D eigenvalue weighted by Gasteiger charge is 2.46. The van der Waals surface area contributed by atoms with Crippen molar-refractivity contribution in [3.63, 3.8) is 0 Å². The molecule has 0 aromatic heterocycles. The summed E-state index contributed by atoms with van der Waals surface area (Å²) in [5, 5.41) is 65.7. The van der Waals surface area contributed by atoms with E-state index in [4.69, 9.17) is 18.9 Å². The van der Waals surface area contributed by atoms with Gasteiger partial charge in [0, 0.05) is 20.1 Å². The molecule has 54 heavy (non-hydrogen) atoms. The van der Waals surface area contributed by atoms with Gasteiger partial charge in [-0.2, -0.15) is 0 Å². The van der Waals surface area contributed by atoms with Gasteiger partial charge in [-0.25, -0.2) is 0 Å². The van der Waals surface area contributed by atoms with Crippen LogP contribution in [0.2, 0.25) is 0 Å². The van der Waals surface area contributed by atoms with Crippen molar-refractivity contribution in [2.75, 3.05) is 33.0 Å². The summed E-state index contributed by atoms with van der Waals surface area (Å²) in [6.07, 6.45) is 18.3. The molecular formula is C42H83NO11. The monoisotopic (exact) mass is 778 g/mol. The van der Waals surface area contributed by atoms with E-state index in [1.807, 2.05) is 0 Å². The number of unbranched alkanes of at least 4 members (excludes halogenated alkanes) is 22. The molecule has 0 aliphatic carbocycles. The van der Waals surface area contributed by atoms with Crippen LogP contribution in [-0.2, 0) is 23.7 Å². The van der Waals surface area contributed by atoms with Gasteiger partial charge in [-0.15, -0.1) is 0 Å². The third kappa shape index (κ3) is 24.0. The topological polar surface area (TPSA) is 187 Å². The Labute approximate surface area is 328 Å². The molecule has 0 radical (unpaired) electrons. The normalized spacial score (nSPS) is 22.6. The largest absolute Gasteiger partial charge is 0.394 e. The Balaban J connectivity index is 2.55. The average molecular weight is 778 g/mol. The van der Waals surface area contributed by atoms with Crippen LogP contribution in [0.4, 0.5) is 0 Å². The molecule has 0 aromatic carbocycles. The van der Waals surface area contributed by atoms with Crippen LogP contribution >= 0.6 is 0 Å². The first-order valence-corrected chi connectivity index (χ1v) is 21.9. The molecule has 0 spiro atoms. The number of ether oxygens (including phenoxy) is 4. The fourth-order valence-electron chi connectivity index (χ4n) is 7.02. The van der Waals surface area contributed by atoms with Crippen LogP contribution in [0.1, 0.15) is 175 Å². The second-order valence-electron chi connectivity index (χ2n) is 15.6. The molecule has 1 saturated heterocycles. The number of carbonyl (C=O) groups is 1. The Morgan fingerprint density at radius 3 is 1.52 bits per heavy atom. The van der Waals surface area contributed by atoms with E-state index in [-0.39, 0.29) is 6.61 Å². The van der Waals surface area contributed by atoms with Crippen molar-refractivity contribution in [3.05, 3.63) is 0 Å². The van der Waals surface area contributed by atoms with Crippen molar-refractivity contribution in [1.82, 2.24) is 5.32 Å². The first kappa shape index (κ1) is 51.1. The van der Waals surface area contributed by atoms with Gasteiger partial charge in [0.15, 0.2) is 6.29 Å². The van der Waals surface area contributed by atoms with Gasteiger partial charge < -0.3 is 54.9 Å². The number of aliphatic hydroxyl groups is 6. The van der Waals surface area contributed by atoms with E-state index in [1.165, 1.54) is 122 Å². The Morgan fingerprint density at radius 2 is 1.07 bits per heavy atom. The molecule has 1 rings (SSSR count). The summed E-state index contributed by atoms with van der Waals surface area (Å²) in [6, 6.07) is -1.20. The first-order chi connectivity index (χ1) is 26.2. The predicted octanol–water partition coefficient (Wildman–Crippen LogP) is 5.83. The van der Waals surface area contributed by atoms with Gasteiger partial charge in [0.2, 0.25) is 5.91 Å². The second kappa shape index (κ2) is 34.1. The molecule has 9 atom stereocenters. The molecule has 0 unspecified atom stereocenters. The minimum absolute atomic E-state index is 0.0562. The summed E-state index contributed by atoms with van der Waals surface area (Å²) >= 11 is 0. The third-order valence-electron chi connectivity index (χ3n) is 10.6. The lowest BCUT2D eigenvalue weighted by atomic mass is 9.97. The number of hydrogen-bond acceptors (Lipinski definition) is 11. The van der Waals surface area contributed by atoms with Crippen LogP contribution < -0.4 is 5.32 Å². The maximum atomic E-state index is 11.7. The van der Waals surface area contributed by atoms with Crippen LogP contribution in [0.15, 0.2) is 0 Å². The molecule has 1 heterocycles. The molecule has 12 heteroatoms. The van der Waals surface area contributed by atoms with Gasteiger partial charge in [-0.3, -0.25) is 4.79 Å². The highest BCUT2D eigenvalue weighted by Crippen LogP contribution is 2.23. The molecule has 322 valence electrons. The standard InChI is InChI=1S/C42H83NO11/c1-4-6-8-10-12-14-16-18-20-22-24-26-28-51-32-36(52-29-27-25-23-21-19-17-15-13-11-9-7-5-2)40(49)38(47)34(46)31-53-42-37(43-33(3)45)41(50)39(48)35(30-44)54-42/h34-42,44,46-50H,4-32H2,1-3H3,(H,43,45)/t34-,35+,36+,37+,38+,39+,40+,41+,42+/m0/s1. The lowest BCUT2D eigenvalue weighted by molar-refractivity contribution is -0.278. The molecule has 1 aliphatic rings. The second-order valence-corrected chi connectivity index (χ2v) is 15.6. The number of aliphatic hydroxyl groups excluding tert-OH is 6. The Kier molecular flexibility index (Phi) is 32.3. The molecule has 7 N–H and O–H groups in total. The predicted molar refractivity (Wildman–Crippen MR) is 212 cm³/mol. The zero-order chi connectivity index (χ0) is 39.8. The van der Waals surface area contributed by atoms with E-state index in [0.717, 1.165) is 38.5 Å². The van der Waals surface area contributed by atoms with Gasteiger partial charge in [0.05, 0.1) is 19.8 Å². The van der Waals surface area contributed by atoms with Crippen molar-refractivity contribution in [2.24, 2.45) is 0 Å². The highest BCUT2D eigenvalue weighted by atomic mass is 16.7. The number of rotatable bonds is 37. The summed E-state index contributed by atoms with van der Waals surface area (Å²) in [6.45, 7) is 5.50. The lowest BCUT2D eigenvalue weighted by Crippen LogP contribution is -2.65. The zero-order valence-electron chi connectivity index (χ0n) is 34.4. The Hall–Kier alpha value is -0.930. The van der Waals surface area contributed by atoms with E-state index < -0.39 is 74.2 Å². The van der Waals surface area contributed by atoms with E-state index in [0.29, 0.717) is 13.2 Å². The number of amides is 1. The van der Waals surface area contributed by atoms with Crippen LogP contribution in [0.5, 0.6) is 0 Å². The Morgan fingerprint density at radius 1 is 0.630 bits per heavy atom. The smallest absolute Gasteiger partial charge is 0.217 e. The SMILES string of the molecule is CCCCCCCCCCCCCCOC[C@@H](OCCCCCCCCCCCCCC)[C@@H](O)[C@H](O)[C@@H](O)CO[C@@H]1O[C@H](CO)[C@@H](O)[C@H](O)[C@H]1NC(C)=O. The van der Waals surface area contributed by atoms with Crippen LogP contribution in [-0.4, -0.2) is 125 Å². The van der Waals surface area contributed by atoms with Crippen molar-refractivity contribution in [1.29, 1.82) is 0 Å². The molecule has 1 amide bonds. The van der Waals surface area contributed by atoms with Crippen molar-refractivity contribution >= 4 is 5.91 Å². The summed E-state index contributed by atoms with van der Waals surface area (Å²) in [7, 11) is 0. The van der Waals surface area contributed by atoms with Gasteiger partial charge in [-0.05, 0) is 12.8 Å². The summed E-state index contributed by atoms with van der Waals surface area (Å²) in [5.41, 5.74) is 0. The number of hydrogen-bond donors (Lipinski definition) is 7. The van der Waals surface area contributed by atoms with Crippen molar-refractivity contribution < 1.29 is 54.4 Å². The summed E-state index contributed by atoms with van der Waals surface area (Å²) in [4.78, 5) is 11.7. The van der Waals surface area contributed by atoms with Crippen LogP contribution in [0, 0.1) is 0 Å². The molecular weight excluding hydrogens is 694 g/mol. The Bertz CT molecular complexity index is 855. The number of carbonyl (C=O) groups excluding carboxylic acids is 1. The van der Waals surface area contributed by atoms with Crippen molar-refractivity contribution in [3.8, 4) is 0 Å². The molecule has 1 fully saturated rings. The molecule has 0 saturated carbocycles. The fraction of sp³-hybridized carbons (Fsp3) is 0.976. The maximum Gasteiger partial charge on any atom is 0.217 e. The minimum Gasteiger partial charge on any atom is -0.394 e. The van der Waals surface area contributed by atoms with Gasteiger partial charge >= 0.3 is 0 Å². The van der Waals surface area contributed by atoms with Crippen LogP contribution in [0.25, 0.3) is 0 Å². The maximum absolute atomic E-state index is 11.7. The summed E-state index contributed by atoms with van der Waals surface area (Å²) < 4.78 is 23.1. The summed E-state index contributed by atoms with van der Waals surface area (Å²) in [5.74, 6) is -0.515. The molecule has 0 aromatic rings. The minimum atomic E-state index is -1.67. The fourth-order valence-corrected chi connectivity index (χ4v) is 7.02. The van der Waals surface area contributed by atoms with Crippen molar-refractivity contribution in [2.45, 2.75) is 230 Å². The van der Waals surface area contributed by atoms with E-state index in [1.54, 1.807) is 0 Å². The molecule has 0 bridgehead atoms. The van der Waals surface area contributed by atoms with E-state index in [9.17, 15) is 35.4 Å². The number of nitrogens with one attached hydrogen (secondary N) is 1. The van der Waals surface area contributed by atoms with Gasteiger partial charge in [-0.1, -0.05) is 155 Å². The van der Waals surface area contributed by atoms with Gasteiger partial charge in [0.25, 0.3) is 0 Å². The van der Waals surface area contributed by atoms with E-state index >= 15 is 0 Å². The quantitative estimate of drug-likeness (QED) is 0.0376. The van der Waals surface area contributed by atoms with Gasteiger partial charge in [0.1, 0.15) is 48.8 Å². The first-order valence-electron chi connectivity index (χ1n) is 21.9. The zero-order valence-corrected chi connectivity index (χ0v) is 34.4. The average Bonchev–Trinajstić information content (AvgIpc) is 3.16. The van der Waals surface area contributed by atoms with E-state index in [2.05, 4.69) is 19.2 Å². The highest BCUT2D eigenvalue weighted by molar-refractivity contribution is 5.73. The lowest BCUT2D eigenvalue weighted by Gasteiger charge is -2.42. The molecule has 12 nitrogen and oxygen atoms in total.